The fourth-order valence-electron chi connectivity index (χ4n) is 2.40. The van der Waals surface area contributed by atoms with Gasteiger partial charge in [0.15, 0.2) is 0 Å². The van der Waals surface area contributed by atoms with E-state index < -0.39 is 0 Å². The Kier molecular flexibility index (Phi) is 4.60. The summed E-state index contributed by atoms with van der Waals surface area (Å²) in [4.78, 5) is 13.6. The number of H-pyrrole nitrogens is 1. The number of nitrogens with zero attached hydrogens (tertiary/aromatic N) is 2. The van der Waals surface area contributed by atoms with Crippen LogP contribution in [0.2, 0.25) is 5.02 Å². The molecule has 5 nitrogen and oxygen atoms in total. The smallest absolute Gasteiger partial charge is 0.285 e. The molecule has 2 N–H and O–H groups in total. The Morgan fingerprint density at radius 3 is 3.00 bits per heavy atom. The minimum absolute atomic E-state index is 0.175. The van der Waals surface area contributed by atoms with E-state index in [1.807, 2.05) is 0 Å². The Morgan fingerprint density at radius 1 is 1.56 bits per heavy atom. The number of hydrogen-bond acceptors (Lipinski definition) is 4. The van der Waals surface area contributed by atoms with Crippen LogP contribution in [0, 0.1) is 0 Å². The first-order valence-electron chi connectivity index (χ1n) is 6.36. The number of anilines is 1. The molecule has 0 saturated heterocycles. The molecule has 0 atom stereocenters. The zero-order chi connectivity index (χ0) is 13.0. The molecule has 18 heavy (non-hydrogen) atoms. The number of hydrogen-bond donors (Lipinski definition) is 2. The van der Waals surface area contributed by atoms with Crippen LogP contribution in [0.3, 0.4) is 0 Å². The molecule has 1 aromatic rings. The van der Waals surface area contributed by atoms with Gasteiger partial charge < -0.3 is 10.2 Å². The normalized spacial score (nSPS) is 16.4. The van der Waals surface area contributed by atoms with Crippen LogP contribution in [0.1, 0.15) is 25.7 Å². The number of aromatic nitrogens is 2. The number of aromatic amines is 1. The van der Waals surface area contributed by atoms with E-state index in [1.54, 1.807) is 6.20 Å². The van der Waals surface area contributed by atoms with Gasteiger partial charge in [-0.2, -0.15) is 5.10 Å². The third-order valence-electron chi connectivity index (χ3n) is 3.52. The molecule has 0 radical (unpaired) electrons. The minimum Gasteiger partial charge on any atom is -0.381 e. The van der Waals surface area contributed by atoms with Crippen molar-refractivity contribution in [3.63, 3.8) is 0 Å². The monoisotopic (exact) mass is 270 g/mol. The van der Waals surface area contributed by atoms with Crippen LogP contribution in [-0.4, -0.2) is 41.3 Å². The van der Waals surface area contributed by atoms with E-state index in [2.05, 4.69) is 27.5 Å². The molecule has 1 aliphatic rings. The molecule has 0 amide bonds. The Morgan fingerprint density at radius 2 is 2.28 bits per heavy atom. The maximum atomic E-state index is 11.2. The summed E-state index contributed by atoms with van der Waals surface area (Å²) in [6.45, 7) is 1.70. The summed E-state index contributed by atoms with van der Waals surface area (Å²) in [5.74, 6) is 0. The molecular formula is C12H19ClN4O. The second-order valence-corrected chi connectivity index (χ2v) is 5.15. The van der Waals surface area contributed by atoms with Gasteiger partial charge in [0.2, 0.25) is 0 Å². The third kappa shape index (κ3) is 3.23. The SMILES string of the molecule is CN(CCNc1cn[nH]c(=O)c1Cl)C1CCCC1. The maximum Gasteiger partial charge on any atom is 0.285 e. The zero-order valence-electron chi connectivity index (χ0n) is 10.6. The van der Waals surface area contributed by atoms with Crippen LogP contribution >= 0.6 is 11.6 Å². The third-order valence-corrected chi connectivity index (χ3v) is 3.90. The van der Waals surface area contributed by atoms with Crippen LogP contribution in [0.5, 0.6) is 0 Å². The van der Waals surface area contributed by atoms with Crippen molar-refractivity contribution >= 4 is 17.3 Å². The van der Waals surface area contributed by atoms with Crippen molar-refractivity contribution in [2.75, 3.05) is 25.5 Å². The number of halogens is 1. The average molecular weight is 271 g/mol. The van der Waals surface area contributed by atoms with E-state index in [4.69, 9.17) is 11.6 Å². The maximum absolute atomic E-state index is 11.2. The molecule has 2 rings (SSSR count). The highest BCUT2D eigenvalue weighted by atomic mass is 35.5. The fraction of sp³-hybridized carbons (Fsp3) is 0.667. The Bertz CT molecular complexity index is 442. The van der Waals surface area contributed by atoms with Crippen LogP contribution in [0.4, 0.5) is 5.69 Å². The highest BCUT2D eigenvalue weighted by Gasteiger charge is 2.18. The molecule has 1 saturated carbocycles. The Balaban J connectivity index is 1.81. The number of rotatable bonds is 5. The lowest BCUT2D eigenvalue weighted by Gasteiger charge is -2.24. The van der Waals surface area contributed by atoms with Crippen molar-refractivity contribution < 1.29 is 0 Å². The molecule has 1 heterocycles. The van der Waals surface area contributed by atoms with Crippen molar-refractivity contribution in [3.8, 4) is 0 Å². The van der Waals surface area contributed by atoms with Crippen molar-refractivity contribution in [2.24, 2.45) is 0 Å². The van der Waals surface area contributed by atoms with Gasteiger partial charge in [-0.25, -0.2) is 5.10 Å². The van der Waals surface area contributed by atoms with E-state index in [1.165, 1.54) is 25.7 Å². The lowest BCUT2D eigenvalue weighted by Crippen LogP contribution is -2.33. The molecule has 0 aromatic carbocycles. The van der Waals surface area contributed by atoms with E-state index in [0.29, 0.717) is 11.7 Å². The summed E-state index contributed by atoms with van der Waals surface area (Å²) in [6.07, 6.45) is 6.81. The lowest BCUT2D eigenvalue weighted by atomic mass is 10.2. The second kappa shape index (κ2) is 6.20. The number of nitrogens with one attached hydrogen (secondary N) is 2. The van der Waals surface area contributed by atoms with Gasteiger partial charge in [-0.1, -0.05) is 24.4 Å². The van der Waals surface area contributed by atoms with Crippen molar-refractivity contribution in [1.29, 1.82) is 0 Å². The number of likely N-dealkylation sites (N-methyl/N-ethyl adjacent to an activating group) is 1. The molecule has 0 bridgehead atoms. The van der Waals surface area contributed by atoms with Gasteiger partial charge in [0.25, 0.3) is 5.56 Å². The Labute approximate surface area is 112 Å². The summed E-state index contributed by atoms with van der Waals surface area (Å²) in [6, 6.07) is 0.708. The molecule has 1 fully saturated rings. The van der Waals surface area contributed by atoms with E-state index >= 15 is 0 Å². The Hall–Kier alpha value is -1.07. The quantitative estimate of drug-likeness (QED) is 0.855. The lowest BCUT2D eigenvalue weighted by molar-refractivity contribution is 0.254. The van der Waals surface area contributed by atoms with Gasteiger partial charge in [0.1, 0.15) is 5.02 Å². The molecule has 1 aromatic heterocycles. The predicted molar refractivity (Wildman–Crippen MR) is 73.2 cm³/mol. The first kappa shape index (κ1) is 13.4. The van der Waals surface area contributed by atoms with Gasteiger partial charge in [0.05, 0.1) is 11.9 Å². The van der Waals surface area contributed by atoms with Gasteiger partial charge in [0, 0.05) is 19.1 Å². The molecule has 0 spiro atoms. The van der Waals surface area contributed by atoms with Crippen molar-refractivity contribution in [3.05, 3.63) is 21.6 Å². The van der Waals surface area contributed by atoms with E-state index in [9.17, 15) is 4.79 Å². The molecular weight excluding hydrogens is 252 g/mol. The summed E-state index contributed by atoms with van der Waals surface area (Å²) in [7, 11) is 2.15. The fourth-order valence-corrected chi connectivity index (χ4v) is 2.56. The van der Waals surface area contributed by atoms with Crippen LogP contribution < -0.4 is 10.9 Å². The van der Waals surface area contributed by atoms with Crippen LogP contribution in [0.25, 0.3) is 0 Å². The minimum atomic E-state index is -0.356. The largest absolute Gasteiger partial charge is 0.381 e. The van der Waals surface area contributed by atoms with Gasteiger partial charge in [-0.3, -0.25) is 4.79 Å². The molecule has 100 valence electrons. The summed E-state index contributed by atoms with van der Waals surface area (Å²) < 4.78 is 0. The van der Waals surface area contributed by atoms with E-state index in [-0.39, 0.29) is 10.6 Å². The zero-order valence-corrected chi connectivity index (χ0v) is 11.3. The predicted octanol–water partition coefficient (Wildman–Crippen LogP) is 1.71. The molecule has 1 aliphatic carbocycles. The first-order valence-corrected chi connectivity index (χ1v) is 6.73. The van der Waals surface area contributed by atoms with Gasteiger partial charge in [-0.15, -0.1) is 0 Å². The average Bonchev–Trinajstić information content (AvgIpc) is 2.88. The summed E-state index contributed by atoms with van der Waals surface area (Å²) in [5.41, 5.74) is 0.242. The van der Waals surface area contributed by atoms with Gasteiger partial charge >= 0.3 is 0 Å². The standard InChI is InChI=1S/C12H19ClN4O/c1-17(9-4-2-3-5-9)7-6-14-10-8-15-16-12(18)11(10)13/h8-9H,2-7H2,1H3,(H2,14,16,18). The second-order valence-electron chi connectivity index (χ2n) is 4.77. The van der Waals surface area contributed by atoms with Crippen molar-refractivity contribution in [2.45, 2.75) is 31.7 Å². The summed E-state index contributed by atoms with van der Waals surface area (Å²) >= 11 is 5.88. The van der Waals surface area contributed by atoms with Crippen LogP contribution in [0.15, 0.2) is 11.0 Å². The summed E-state index contributed by atoms with van der Waals surface area (Å²) in [5, 5.41) is 9.34. The molecule has 0 unspecified atom stereocenters. The van der Waals surface area contributed by atoms with Crippen molar-refractivity contribution in [1.82, 2.24) is 15.1 Å². The molecule has 0 aliphatic heterocycles. The highest BCUT2D eigenvalue weighted by Crippen LogP contribution is 2.22. The highest BCUT2D eigenvalue weighted by molar-refractivity contribution is 6.32. The van der Waals surface area contributed by atoms with Gasteiger partial charge in [-0.05, 0) is 19.9 Å². The van der Waals surface area contributed by atoms with E-state index in [0.717, 1.165) is 13.1 Å². The first-order chi connectivity index (χ1) is 8.68. The molecule has 6 heteroatoms. The van der Waals surface area contributed by atoms with Crippen LogP contribution in [-0.2, 0) is 0 Å². The topological polar surface area (TPSA) is 61.0 Å².